The smallest absolute Gasteiger partial charge is 0.407 e. The van der Waals surface area contributed by atoms with Crippen molar-refractivity contribution in [3.05, 3.63) is 53.5 Å². The molecule has 0 spiro atoms. The van der Waals surface area contributed by atoms with E-state index in [4.69, 9.17) is 14.7 Å². The number of nitrogens with zero attached hydrogens (tertiary/aromatic N) is 7. The summed E-state index contributed by atoms with van der Waals surface area (Å²) in [6.07, 6.45) is 1.96. The lowest BCUT2D eigenvalue weighted by Gasteiger charge is -2.41. The second-order valence-electron chi connectivity index (χ2n) is 11.1. The van der Waals surface area contributed by atoms with Crippen molar-refractivity contribution in [3.8, 4) is 12.1 Å². The first-order valence-corrected chi connectivity index (χ1v) is 14.2. The van der Waals surface area contributed by atoms with Crippen LogP contribution in [0.1, 0.15) is 30.5 Å². The zero-order valence-corrected chi connectivity index (χ0v) is 23.2. The van der Waals surface area contributed by atoms with Crippen molar-refractivity contribution in [2.75, 3.05) is 56.2 Å². The Bertz CT molecular complexity index is 1490. The van der Waals surface area contributed by atoms with Crippen LogP contribution >= 0.6 is 0 Å². The van der Waals surface area contributed by atoms with Gasteiger partial charge >= 0.3 is 12.1 Å². The number of hydrogen-bond acceptors (Lipinski definition) is 8. The molecule has 214 valence electrons. The van der Waals surface area contributed by atoms with Crippen molar-refractivity contribution in [2.24, 2.45) is 0 Å². The molecule has 4 heterocycles. The maximum Gasteiger partial charge on any atom is 0.407 e. The number of rotatable bonds is 6. The predicted octanol–water partition coefficient (Wildman–Crippen LogP) is 3.89. The summed E-state index contributed by atoms with van der Waals surface area (Å²) < 4.78 is 20.4. The van der Waals surface area contributed by atoms with Crippen molar-refractivity contribution in [1.29, 1.82) is 5.26 Å². The molecule has 10 nitrogen and oxygen atoms in total. The van der Waals surface area contributed by atoms with Gasteiger partial charge in [0.25, 0.3) is 0 Å². The molecule has 2 fully saturated rings. The van der Waals surface area contributed by atoms with Crippen LogP contribution in [0.5, 0.6) is 6.01 Å². The Balaban J connectivity index is 1.34. The standard InChI is InChI=1S/C30H34FN7O3/c1-35-12-3-5-23(35)19-41-29-33-26-18-36(27-6-2-4-20-7-8-21(31)16-25(20)27)13-10-24(26)28(34-29)37-14-15-38(30(39)40)22(17-37)9-11-32/h2,4,6-8,16,22-23H,3,5,9-10,12-15,17-19H2,1H3,(H,39,40)/t22?,23-/m0/s1. The third-order valence-electron chi connectivity index (χ3n) is 8.62. The Hall–Kier alpha value is -4.17. The minimum atomic E-state index is -1.01. The largest absolute Gasteiger partial charge is 0.465 e. The fourth-order valence-corrected chi connectivity index (χ4v) is 6.36. The molecule has 41 heavy (non-hydrogen) atoms. The fourth-order valence-electron chi connectivity index (χ4n) is 6.36. The van der Waals surface area contributed by atoms with Gasteiger partial charge < -0.3 is 29.4 Å². The van der Waals surface area contributed by atoms with Gasteiger partial charge in [0.15, 0.2) is 0 Å². The number of carbonyl (C=O) groups is 1. The van der Waals surface area contributed by atoms with E-state index < -0.39 is 12.1 Å². The van der Waals surface area contributed by atoms with Gasteiger partial charge in [-0.1, -0.05) is 18.2 Å². The Morgan fingerprint density at radius 2 is 2.02 bits per heavy atom. The minimum Gasteiger partial charge on any atom is -0.465 e. The van der Waals surface area contributed by atoms with Crippen molar-refractivity contribution in [2.45, 2.75) is 44.3 Å². The molecule has 0 bridgehead atoms. The number of anilines is 2. The number of carboxylic acid groups (broad SMARTS) is 1. The van der Waals surface area contributed by atoms with Gasteiger partial charge in [-0.15, -0.1) is 0 Å². The van der Waals surface area contributed by atoms with Crippen LogP contribution in [0.15, 0.2) is 36.4 Å². The van der Waals surface area contributed by atoms with Crippen LogP contribution in [0.2, 0.25) is 0 Å². The number of piperazine rings is 1. The molecule has 1 amide bonds. The quantitative estimate of drug-likeness (QED) is 0.481. The highest BCUT2D eigenvalue weighted by atomic mass is 19.1. The highest BCUT2D eigenvalue weighted by molar-refractivity contribution is 5.94. The van der Waals surface area contributed by atoms with Gasteiger partial charge in [0, 0.05) is 48.9 Å². The molecule has 1 aromatic heterocycles. The fraction of sp³-hybridized carbons (Fsp3) is 0.467. The third-order valence-corrected chi connectivity index (χ3v) is 8.62. The van der Waals surface area contributed by atoms with Crippen LogP contribution in [0.3, 0.4) is 0 Å². The molecule has 0 aliphatic carbocycles. The molecule has 2 aromatic carbocycles. The highest BCUT2D eigenvalue weighted by Gasteiger charge is 2.34. The summed E-state index contributed by atoms with van der Waals surface area (Å²) in [6, 6.07) is 13.1. The molecular formula is C30H34FN7O3. The summed E-state index contributed by atoms with van der Waals surface area (Å²) >= 11 is 0. The van der Waals surface area contributed by atoms with Crippen molar-refractivity contribution < 1.29 is 19.0 Å². The zero-order valence-electron chi connectivity index (χ0n) is 23.2. The van der Waals surface area contributed by atoms with E-state index in [9.17, 15) is 19.6 Å². The van der Waals surface area contributed by atoms with E-state index in [1.165, 1.54) is 11.0 Å². The van der Waals surface area contributed by atoms with Crippen LogP contribution < -0.4 is 14.5 Å². The Morgan fingerprint density at radius 3 is 2.80 bits per heavy atom. The number of halogens is 1. The number of benzene rings is 2. The molecule has 2 saturated heterocycles. The number of amides is 1. The number of aromatic nitrogens is 2. The summed E-state index contributed by atoms with van der Waals surface area (Å²) in [5.41, 5.74) is 2.81. The predicted molar refractivity (Wildman–Crippen MR) is 153 cm³/mol. The normalized spacial score (nSPS) is 21.1. The third kappa shape index (κ3) is 5.44. The van der Waals surface area contributed by atoms with Gasteiger partial charge in [0.1, 0.15) is 18.2 Å². The lowest BCUT2D eigenvalue weighted by Crippen LogP contribution is -2.55. The number of hydrogen-bond donors (Lipinski definition) is 1. The number of ether oxygens (including phenoxy) is 1. The Labute approximate surface area is 238 Å². The van der Waals surface area contributed by atoms with Crippen molar-refractivity contribution in [1.82, 2.24) is 19.8 Å². The van der Waals surface area contributed by atoms with Gasteiger partial charge in [-0.2, -0.15) is 15.2 Å². The molecule has 3 aliphatic heterocycles. The van der Waals surface area contributed by atoms with Gasteiger partial charge in [0.2, 0.25) is 0 Å². The molecule has 1 N–H and O–H groups in total. The van der Waals surface area contributed by atoms with Crippen LogP contribution in [0.4, 0.5) is 20.7 Å². The monoisotopic (exact) mass is 559 g/mol. The van der Waals surface area contributed by atoms with Gasteiger partial charge in [0.05, 0.1) is 30.8 Å². The summed E-state index contributed by atoms with van der Waals surface area (Å²) in [5, 5.41) is 20.9. The first-order chi connectivity index (χ1) is 19.9. The van der Waals surface area contributed by atoms with Crippen molar-refractivity contribution >= 4 is 28.4 Å². The minimum absolute atomic E-state index is 0.110. The topological polar surface area (TPSA) is 109 Å². The summed E-state index contributed by atoms with van der Waals surface area (Å²) in [5.74, 6) is 0.480. The lowest BCUT2D eigenvalue weighted by atomic mass is 10.0. The van der Waals surface area contributed by atoms with E-state index in [1.54, 1.807) is 12.1 Å². The molecule has 1 unspecified atom stereocenters. The summed E-state index contributed by atoms with van der Waals surface area (Å²) in [4.78, 5) is 29.5. The first kappa shape index (κ1) is 27.0. The summed E-state index contributed by atoms with van der Waals surface area (Å²) in [6.45, 7) is 3.87. The van der Waals surface area contributed by atoms with E-state index in [-0.39, 0.29) is 18.8 Å². The molecule has 2 atom stereocenters. The zero-order chi connectivity index (χ0) is 28.5. The SMILES string of the molecule is CN1CCC[C@H]1COc1nc2c(c(N3CCN(C(=O)O)C(CC#N)C3)n1)CCN(c1cccc3ccc(F)cc13)C2. The second kappa shape index (κ2) is 11.4. The Kier molecular flexibility index (Phi) is 7.49. The van der Waals surface area contributed by atoms with Crippen LogP contribution in [-0.2, 0) is 13.0 Å². The van der Waals surface area contributed by atoms with Crippen LogP contribution in [0.25, 0.3) is 10.8 Å². The molecule has 3 aromatic rings. The second-order valence-corrected chi connectivity index (χ2v) is 11.1. The molecule has 0 saturated carbocycles. The molecule has 6 rings (SSSR count). The van der Waals surface area contributed by atoms with E-state index in [0.717, 1.165) is 52.9 Å². The maximum absolute atomic E-state index is 14.2. The van der Waals surface area contributed by atoms with Crippen LogP contribution in [0, 0.1) is 17.1 Å². The molecule has 3 aliphatic rings. The highest BCUT2D eigenvalue weighted by Crippen LogP contribution is 2.35. The summed E-state index contributed by atoms with van der Waals surface area (Å²) in [7, 11) is 2.10. The molecule has 11 heteroatoms. The lowest BCUT2D eigenvalue weighted by molar-refractivity contribution is 0.119. The molecular weight excluding hydrogens is 525 g/mol. The van der Waals surface area contributed by atoms with Gasteiger partial charge in [-0.3, -0.25) is 0 Å². The average Bonchev–Trinajstić information content (AvgIpc) is 3.39. The van der Waals surface area contributed by atoms with E-state index in [0.29, 0.717) is 51.3 Å². The van der Waals surface area contributed by atoms with E-state index in [2.05, 4.69) is 27.8 Å². The number of likely N-dealkylation sites (N-methyl/N-ethyl adjacent to an activating group) is 1. The number of fused-ring (bicyclic) bond motifs is 2. The first-order valence-electron chi connectivity index (χ1n) is 14.2. The molecule has 0 radical (unpaired) electrons. The number of likely N-dealkylation sites (tertiary alicyclic amines) is 1. The van der Waals surface area contributed by atoms with Gasteiger partial charge in [-0.25, -0.2) is 9.18 Å². The van der Waals surface area contributed by atoms with Crippen molar-refractivity contribution in [3.63, 3.8) is 0 Å². The van der Waals surface area contributed by atoms with E-state index in [1.807, 2.05) is 18.2 Å². The maximum atomic E-state index is 14.2. The number of nitriles is 1. The van der Waals surface area contributed by atoms with E-state index >= 15 is 0 Å². The Morgan fingerprint density at radius 1 is 1.15 bits per heavy atom. The van der Waals surface area contributed by atoms with Gasteiger partial charge in [-0.05, 0) is 56.4 Å². The van der Waals surface area contributed by atoms with Crippen LogP contribution in [-0.4, -0.2) is 89.4 Å². The average molecular weight is 560 g/mol.